The third kappa shape index (κ3) is 4.72. The summed E-state index contributed by atoms with van der Waals surface area (Å²) in [5.74, 6) is -1.20. The second-order valence-electron chi connectivity index (χ2n) is 5.93. The lowest BCUT2D eigenvalue weighted by molar-refractivity contribution is -0.119. The van der Waals surface area contributed by atoms with Gasteiger partial charge in [-0.3, -0.25) is 4.79 Å². The van der Waals surface area contributed by atoms with Gasteiger partial charge in [0.1, 0.15) is 18.4 Å². The van der Waals surface area contributed by atoms with Gasteiger partial charge >= 0.3 is 0 Å². The highest BCUT2D eigenvalue weighted by Crippen LogP contribution is 2.17. The number of rotatable bonds is 6. The van der Waals surface area contributed by atoms with Crippen molar-refractivity contribution in [3.05, 3.63) is 71.8 Å². The zero-order valence-electron chi connectivity index (χ0n) is 14.4. The second kappa shape index (κ2) is 7.89. The van der Waals surface area contributed by atoms with E-state index in [-0.39, 0.29) is 10.9 Å². The Bertz CT molecular complexity index is 1020. The van der Waals surface area contributed by atoms with E-state index in [9.17, 15) is 13.2 Å². The molecule has 3 rings (SSSR count). The van der Waals surface area contributed by atoms with Gasteiger partial charge in [0.15, 0.2) is 9.84 Å². The third-order valence-corrected chi connectivity index (χ3v) is 5.83. The highest BCUT2D eigenvalue weighted by atomic mass is 35.5. The number of nitrogens with one attached hydrogen (secondary N) is 1. The molecule has 1 unspecified atom stereocenters. The molecule has 3 aromatic rings. The van der Waals surface area contributed by atoms with E-state index in [0.29, 0.717) is 5.02 Å². The number of benzene rings is 2. The lowest BCUT2D eigenvalue weighted by Crippen LogP contribution is -2.32. The maximum Gasteiger partial charge on any atom is 0.236 e. The van der Waals surface area contributed by atoms with Crippen molar-refractivity contribution in [1.29, 1.82) is 0 Å². The molecule has 1 aromatic heterocycles. The van der Waals surface area contributed by atoms with Crippen molar-refractivity contribution in [2.24, 2.45) is 0 Å². The van der Waals surface area contributed by atoms with Crippen LogP contribution in [-0.2, 0) is 14.6 Å². The molecule has 0 aliphatic heterocycles. The second-order valence-corrected chi connectivity index (χ2v) is 8.36. The first kappa shape index (κ1) is 19.1. The van der Waals surface area contributed by atoms with Crippen LogP contribution < -0.4 is 5.32 Å². The zero-order chi connectivity index (χ0) is 19.4. The monoisotopic (exact) mass is 404 g/mol. The van der Waals surface area contributed by atoms with Crippen molar-refractivity contribution in [3.8, 4) is 5.69 Å². The molecule has 9 heteroatoms. The first-order valence-corrected chi connectivity index (χ1v) is 10.1. The van der Waals surface area contributed by atoms with Gasteiger partial charge in [-0.25, -0.2) is 18.1 Å². The Morgan fingerprint density at radius 1 is 1.15 bits per heavy atom. The molecule has 0 aliphatic carbocycles. The summed E-state index contributed by atoms with van der Waals surface area (Å²) in [7, 11) is -3.73. The van der Waals surface area contributed by atoms with Gasteiger partial charge in [-0.1, -0.05) is 23.7 Å². The quantitative estimate of drug-likeness (QED) is 0.681. The molecule has 0 aliphatic rings. The average Bonchev–Trinajstić information content (AvgIpc) is 3.16. The van der Waals surface area contributed by atoms with E-state index in [4.69, 9.17) is 11.6 Å². The Labute approximate surface area is 161 Å². The van der Waals surface area contributed by atoms with Crippen LogP contribution in [0.4, 0.5) is 0 Å². The number of aromatic nitrogens is 3. The fraction of sp³-hybridized carbons (Fsp3) is 0.167. The van der Waals surface area contributed by atoms with E-state index in [1.54, 1.807) is 17.9 Å². The van der Waals surface area contributed by atoms with Gasteiger partial charge in [0.05, 0.1) is 16.6 Å². The number of sulfone groups is 1. The summed E-state index contributed by atoms with van der Waals surface area (Å²) in [6.45, 7) is 1.79. The summed E-state index contributed by atoms with van der Waals surface area (Å²) in [5, 5.41) is 7.19. The fourth-order valence-corrected chi connectivity index (χ4v) is 3.79. The van der Waals surface area contributed by atoms with E-state index in [1.807, 2.05) is 24.3 Å². The van der Waals surface area contributed by atoms with Crippen LogP contribution >= 0.6 is 11.6 Å². The number of halogens is 1. The Balaban J connectivity index is 1.64. The molecule has 1 amide bonds. The lowest BCUT2D eigenvalue weighted by atomic mass is 10.1. The standard InChI is InChI=1S/C18H17ClN4O3S/c1-13(14-2-6-16(7-3-14)23-12-20-11-21-23)22-18(24)10-27(25,26)17-8-4-15(19)5-9-17/h2-9,11-13H,10H2,1H3,(H,22,24). The normalized spacial score (nSPS) is 12.5. The Kier molecular flexibility index (Phi) is 5.57. The van der Waals surface area contributed by atoms with Crippen LogP contribution in [0.3, 0.4) is 0 Å². The fourth-order valence-electron chi connectivity index (χ4n) is 2.52. The third-order valence-electron chi connectivity index (χ3n) is 3.95. The summed E-state index contributed by atoms with van der Waals surface area (Å²) in [6, 6.07) is 12.8. The molecule has 0 saturated carbocycles. The van der Waals surface area contributed by atoms with Crippen molar-refractivity contribution in [1.82, 2.24) is 20.1 Å². The molecular weight excluding hydrogens is 388 g/mol. The minimum absolute atomic E-state index is 0.0619. The van der Waals surface area contributed by atoms with Crippen LogP contribution in [0.15, 0.2) is 66.1 Å². The minimum Gasteiger partial charge on any atom is -0.349 e. The first-order chi connectivity index (χ1) is 12.8. The topological polar surface area (TPSA) is 94.0 Å². The highest BCUT2D eigenvalue weighted by molar-refractivity contribution is 7.92. The smallest absolute Gasteiger partial charge is 0.236 e. The van der Waals surface area contributed by atoms with Crippen LogP contribution in [0.2, 0.25) is 5.02 Å². The molecule has 0 fully saturated rings. The highest BCUT2D eigenvalue weighted by Gasteiger charge is 2.20. The van der Waals surface area contributed by atoms with Crippen LogP contribution in [0.25, 0.3) is 5.69 Å². The van der Waals surface area contributed by atoms with Crippen molar-refractivity contribution >= 4 is 27.3 Å². The Morgan fingerprint density at radius 3 is 2.41 bits per heavy atom. The summed E-state index contributed by atoms with van der Waals surface area (Å²) >= 11 is 5.76. The number of hydrogen-bond acceptors (Lipinski definition) is 5. The zero-order valence-corrected chi connectivity index (χ0v) is 16.0. The van der Waals surface area contributed by atoms with E-state index in [2.05, 4.69) is 15.4 Å². The lowest BCUT2D eigenvalue weighted by Gasteiger charge is -2.15. The van der Waals surface area contributed by atoms with Crippen LogP contribution in [0.1, 0.15) is 18.5 Å². The van der Waals surface area contributed by atoms with Gasteiger partial charge in [0.25, 0.3) is 0 Å². The summed E-state index contributed by atoms with van der Waals surface area (Å²) in [4.78, 5) is 16.1. The molecule has 27 heavy (non-hydrogen) atoms. The van der Waals surface area contributed by atoms with E-state index in [1.165, 1.54) is 30.6 Å². The van der Waals surface area contributed by atoms with Crippen molar-refractivity contribution in [3.63, 3.8) is 0 Å². The molecule has 7 nitrogen and oxygen atoms in total. The van der Waals surface area contributed by atoms with Crippen molar-refractivity contribution < 1.29 is 13.2 Å². The van der Waals surface area contributed by atoms with Crippen molar-refractivity contribution in [2.75, 3.05) is 5.75 Å². The molecule has 0 radical (unpaired) electrons. The van der Waals surface area contributed by atoms with Crippen molar-refractivity contribution in [2.45, 2.75) is 17.9 Å². The molecule has 0 spiro atoms. The van der Waals surface area contributed by atoms with Crippen LogP contribution in [0.5, 0.6) is 0 Å². The largest absolute Gasteiger partial charge is 0.349 e. The molecule has 2 aromatic carbocycles. The summed E-state index contributed by atoms with van der Waals surface area (Å²) < 4.78 is 26.3. The van der Waals surface area contributed by atoms with E-state index < -0.39 is 21.5 Å². The van der Waals surface area contributed by atoms with Gasteiger partial charge in [-0.15, -0.1) is 0 Å². The Morgan fingerprint density at radius 2 is 1.81 bits per heavy atom. The number of hydrogen-bond donors (Lipinski definition) is 1. The molecule has 1 heterocycles. The van der Waals surface area contributed by atoms with Gasteiger partial charge in [-0.05, 0) is 48.9 Å². The molecule has 1 atom stereocenters. The SMILES string of the molecule is CC(NC(=O)CS(=O)(=O)c1ccc(Cl)cc1)c1ccc(-n2cncn2)cc1. The number of carbonyl (C=O) groups is 1. The van der Waals surface area contributed by atoms with Gasteiger partial charge in [0, 0.05) is 5.02 Å². The van der Waals surface area contributed by atoms with Gasteiger partial charge < -0.3 is 5.32 Å². The van der Waals surface area contributed by atoms with E-state index in [0.717, 1.165) is 11.3 Å². The number of carbonyl (C=O) groups excluding carboxylic acids is 1. The predicted octanol–water partition coefficient (Wildman–Crippen LogP) is 2.57. The molecule has 1 N–H and O–H groups in total. The van der Waals surface area contributed by atoms with Gasteiger partial charge in [0.2, 0.25) is 5.91 Å². The number of amides is 1. The number of nitrogens with zero attached hydrogens (tertiary/aromatic N) is 3. The predicted molar refractivity (Wildman–Crippen MR) is 101 cm³/mol. The maximum atomic E-state index is 12.3. The minimum atomic E-state index is -3.73. The summed E-state index contributed by atoms with van der Waals surface area (Å²) in [6.07, 6.45) is 3.03. The summed E-state index contributed by atoms with van der Waals surface area (Å²) in [5.41, 5.74) is 1.68. The van der Waals surface area contributed by atoms with Gasteiger partial charge in [-0.2, -0.15) is 5.10 Å². The molecule has 0 saturated heterocycles. The molecule has 0 bridgehead atoms. The average molecular weight is 405 g/mol. The van der Waals surface area contributed by atoms with Crippen LogP contribution in [0, 0.1) is 0 Å². The molecule has 140 valence electrons. The maximum absolute atomic E-state index is 12.3. The first-order valence-electron chi connectivity index (χ1n) is 8.08. The Hall–Kier alpha value is -2.71. The molecular formula is C18H17ClN4O3S. The van der Waals surface area contributed by atoms with E-state index >= 15 is 0 Å². The van der Waals surface area contributed by atoms with Crippen LogP contribution in [-0.4, -0.2) is 34.8 Å².